The predicted octanol–water partition coefficient (Wildman–Crippen LogP) is 5.03. The van der Waals surface area contributed by atoms with E-state index in [2.05, 4.69) is 26.2 Å². The summed E-state index contributed by atoms with van der Waals surface area (Å²) in [7, 11) is 0. The van der Waals surface area contributed by atoms with E-state index in [1.54, 1.807) is 12.3 Å². The van der Waals surface area contributed by atoms with E-state index in [0.29, 0.717) is 23.1 Å². The highest BCUT2D eigenvalue weighted by Crippen LogP contribution is 2.28. The van der Waals surface area contributed by atoms with Crippen LogP contribution in [0.5, 0.6) is 0 Å². The summed E-state index contributed by atoms with van der Waals surface area (Å²) in [6.45, 7) is 4.65. The second kappa shape index (κ2) is 6.34. The van der Waals surface area contributed by atoms with Gasteiger partial charge in [-0.15, -0.1) is 0 Å². The molecule has 0 fully saturated rings. The number of hydrogen-bond acceptors (Lipinski definition) is 2. The van der Waals surface area contributed by atoms with Crippen molar-refractivity contribution in [1.82, 2.24) is 9.55 Å². The molecule has 1 N–H and O–H groups in total. The van der Waals surface area contributed by atoms with Gasteiger partial charge in [0, 0.05) is 33.1 Å². The Morgan fingerprint density at radius 1 is 1.35 bits per heavy atom. The van der Waals surface area contributed by atoms with Crippen molar-refractivity contribution in [2.45, 2.75) is 20.4 Å². The first kappa shape index (κ1) is 16.0. The molecule has 2 aromatic heterocycles. The van der Waals surface area contributed by atoms with Crippen LogP contribution in [-0.2, 0) is 6.54 Å². The number of carbonyl (C=O) groups is 1. The monoisotopic (exact) mass is 391 g/mol. The molecule has 1 aromatic carbocycles. The number of aryl methyl sites for hydroxylation is 2. The summed E-state index contributed by atoms with van der Waals surface area (Å²) in [6, 6.07) is 9.28. The Kier molecular flexibility index (Phi) is 4.41. The summed E-state index contributed by atoms with van der Waals surface area (Å²) >= 11 is 9.42. The minimum absolute atomic E-state index is 0.175. The summed E-state index contributed by atoms with van der Waals surface area (Å²) in [5, 5.41) is 4.51. The number of pyridine rings is 1. The van der Waals surface area contributed by atoms with E-state index in [1.165, 1.54) is 0 Å². The Bertz CT molecular complexity index is 887. The fourth-order valence-corrected chi connectivity index (χ4v) is 3.15. The maximum absolute atomic E-state index is 12.7. The second-order valence-corrected chi connectivity index (χ2v) is 6.55. The molecule has 0 bridgehead atoms. The molecule has 0 aliphatic heterocycles. The van der Waals surface area contributed by atoms with E-state index in [9.17, 15) is 4.79 Å². The highest BCUT2D eigenvalue weighted by atomic mass is 79.9. The van der Waals surface area contributed by atoms with Crippen LogP contribution in [0.15, 0.2) is 41.0 Å². The molecule has 23 heavy (non-hydrogen) atoms. The number of fused-ring (bicyclic) bond motifs is 1. The molecule has 2 heterocycles. The average molecular weight is 393 g/mol. The Balaban J connectivity index is 2.06. The Morgan fingerprint density at radius 3 is 2.78 bits per heavy atom. The van der Waals surface area contributed by atoms with Crippen molar-refractivity contribution in [3.8, 4) is 0 Å². The van der Waals surface area contributed by atoms with Crippen LogP contribution in [0.1, 0.15) is 23.0 Å². The third kappa shape index (κ3) is 2.99. The molecule has 0 aliphatic rings. The molecule has 1 amide bonds. The lowest BCUT2D eigenvalue weighted by atomic mass is 10.1. The zero-order chi connectivity index (χ0) is 16.6. The molecule has 0 saturated heterocycles. The van der Waals surface area contributed by atoms with Crippen molar-refractivity contribution in [3.05, 3.63) is 57.3 Å². The SMILES string of the molecule is CCn1c(C(=O)Nc2ccc(Br)cn2)c(C)c2cc(Cl)ccc21. The predicted molar refractivity (Wildman–Crippen MR) is 97.2 cm³/mol. The van der Waals surface area contributed by atoms with Gasteiger partial charge in [0.2, 0.25) is 0 Å². The normalized spacial score (nSPS) is 11.0. The topological polar surface area (TPSA) is 46.9 Å². The highest BCUT2D eigenvalue weighted by Gasteiger charge is 2.20. The van der Waals surface area contributed by atoms with Gasteiger partial charge in [0.15, 0.2) is 0 Å². The number of nitrogens with one attached hydrogen (secondary N) is 1. The number of benzene rings is 1. The number of carbonyl (C=O) groups excluding carboxylic acids is 1. The highest BCUT2D eigenvalue weighted by molar-refractivity contribution is 9.10. The van der Waals surface area contributed by atoms with Crippen LogP contribution in [0.25, 0.3) is 10.9 Å². The van der Waals surface area contributed by atoms with Crippen molar-refractivity contribution < 1.29 is 4.79 Å². The van der Waals surface area contributed by atoms with Crippen LogP contribution < -0.4 is 5.32 Å². The Labute approximate surface area is 147 Å². The maximum atomic E-state index is 12.7. The van der Waals surface area contributed by atoms with Gasteiger partial charge < -0.3 is 9.88 Å². The molecule has 6 heteroatoms. The van der Waals surface area contributed by atoms with E-state index < -0.39 is 0 Å². The van der Waals surface area contributed by atoms with Gasteiger partial charge in [0.05, 0.1) is 0 Å². The van der Waals surface area contributed by atoms with Crippen LogP contribution in [0.2, 0.25) is 5.02 Å². The zero-order valence-corrected chi connectivity index (χ0v) is 15.1. The molecule has 0 unspecified atom stereocenters. The lowest BCUT2D eigenvalue weighted by Gasteiger charge is -2.09. The van der Waals surface area contributed by atoms with Crippen molar-refractivity contribution in [3.63, 3.8) is 0 Å². The fraction of sp³-hybridized carbons (Fsp3) is 0.176. The maximum Gasteiger partial charge on any atom is 0.273 e. The summed E-state index contributed by atoms with van der Waals surface area (Å²) in [5.74, 6) is 0.343. The van der Waals surface area contributed by atoms with E-state index in [4.69, 9.17) is 11.6 Å². The Hall–Kier alpha value is -1.85. The number of anilines is 1. The van der Waals surface area contributed by atoms with Gasteiger partial charge in [0.25, 0.3) is 5.91 Å². The van der Waals surface area contributed by atoms with Gasteiger partial charge in [-0.1, -0.05) is 11.6 Å². The quantitative estimate of drug-likeness (QED) is 0.679. The first-order valence-electron chi connectivity index (χ1n) is 7.22. The minimum atomic E-state index is -0.175. The summed E-state index contributed by atoms with van der Waals surface area (Å²) < 4.78 is 2.86. The molecule has 0 radical (unpaired) electrons. The van der Waals surface area contributed by atoms with E-state index >= 15 is 0 Å². The van der Waals surface area contributed by atoms with E-state index in [1.807, 2.05) is 42.7 Å². The van der Waals surface area contributed by atoms with Crippen LogP contribution in [-0.4, -0.2) is 15.5 Å². The van der Waals surface area contributed by atoms with Gasteiger partial charge in [-0.05, 0) is 65.7 Å². The van der Waals surface area contributed by atoms with Crippen molar-refractivity contribution >= 4 is 50.2 Å². The zero-order valence-electron chi connectivity index (χ0n) is 12.7. The number of nitrogens with zero attached hydrogens (tertiary/aromatic N) is 2. The molecule has 0 atom stereocenters. The molecule has 0 spiro atoms. The first-order valence-corrected chi connectivity index (χ1v) is 8.39. The molecule has 0 aliphatic carbocycles. The number of aromatic nitrogens is 2. The van der Waals surface area contributed by atoms with Crippen molar-refractivity contribution in [1.29, 1.82) is 0 Å². The van der Waals surface area contributed by atoms with Gasteiger partial charge in [0.1, 0.15) is 11.5 Å². The van der Waals surface area contributed by atoms with Crippen LogP contribution in [0.3, 0.4) is 0 Å². The van der Waals surface area contributed by atoms with Crippen LogP contribution in [0.4, 0.5) is 5.82 Å². The fourth-order valence-electron chi connectivity index (χ4n) is 2.74. The number of amides is 1. The molecule has 3 aromatic rings. The largest absolute Gasteiger partial charge is 0.337 e. The van der Waals surface area contributed by atoms with Crippen LogP contribution in [0, 0.1) is 6.92 Å². The lowest BCUT2D eigenvalue weighted by molar-refractivity contribution is 0.101. The van der Waals surface area contributed by atoms with Gasteiger partial charge in [-0.3, -0.25) is 4.79 Å². The third-order valence-electron chi connectivity index (χ3n) is 3.78. The molecular weight excluding hydrogens is 378 g/mol. The lowest BCUT2D eigenvalue weighted by Crippen LogP contribution is -2.18. The standard InChI is InChI=1S/C17H15BrClN3O/c1-3-22-14-6-5-12(19)8-13(14)10(2)16(22)17(23)21-15-7-4-11(18)9-20-15/h4-9H,3H2,1-2H3,(H,20,21,23). The number of hydrogen-bond donors (Lipinski definition) is 1. The van der Waals surface area contributed by atoms with Crippen LogP contribution >= 0.6 is 27.5 Å². The average Bonchev–Trinajstić information content (AvgIpc) is 2.81. The summed E-state index contributed by atoms with van der Waals surface area (Å²) in [5.41, 5.74) is 2.55. The molecule has 4 nitrogen and oxygen atoms in total. The number of rotatable bonds is 3. The third-order valence-corrected chi connectivity index (χ3v) is 4.48. The molecule has 118 valence electrons. The Morgan fingerprint density at radius 2 is 2.13 bits per heavy atom. The minimum Gasteiger partial charge on any atom is -0.337 e. The molecule has 3 rings (SSSR count). The smallest absolute Gasteiger partial charge is 0.273 e. The first-order chi connectivity index (χ1) is 11.0. The van der Waals surface area contributed by atoms with Gasteiger partial charge >= 0.3 is 0 Å². The molecule has 0 saturated carbocycles. The van der Waals surface area contributed by atoms with Crippen molar-refractivity contribution in [2.24, 2.45) is 0 Å². The van der Waals surface area contributed by atoms with E-state index in [0.717, 1.165) is 20.9 Å². The summed E-state index contributed by atoms with van der Waals surface area (Å²) in [4.78, 5) is 16.9. The summed E-state index contributed by atoms with van der Waals surface area (Å²) in [6.07, 6.45) is 1.65. The van der Waals surface area contributed by atoms with Gasteiger partial charge in [-0.2, -0.15) is 0 Å². The second-order valence-electron chi connectivity index (χ2n) is 5.20. The number of halogens is 2. The van der Waals surface area contributed by atoms with Gasteiger partial charge in [-0.25, -0.2) is 4.98 Å². The van der Waals surface area contributed by atoms with Crippen molar-refractivity contribution in [2.75, 3.05) is 5.32 Å². The van der Waals surface area contributed by atoms with E-state index in [-0.39, 0.29) is 5.91 Å². The molecular formula is C17H15BrClN3O.